The molecule has 1 aromatic carbocycles. The number of aromatic nitrogens is 1. The normalized spacial score (nSPS) is 11.0. The van der Waals surface area contributed by atoms with Gasteiger partial charge in [-0.25, -0.2) is 4.98 Å². The van der Waals surface area contributed by atoms with Crippen molar-refractivity contribution in [2.75, 3.05) is 5.88 Å². The number of nitrogens with zero attached hydrogens (tertiary/aromatic N) is 3. The summed E-state index contributed by atoms with van der Waals surface area (Å²) in [5, 5.41) is 2.45. The van der Waals surface area contributed by atoms with Crippen LogP contribution >= 0.6 is 23.4 Å². The molecular weight excluding hydrogens is 318 g/mol. The number of aliphatic imine (C=N–C) groups is 2. The highest BCUT2D eigenvalue weighted by Gasteiger charge is 2.10. The SMILES string of the molecule is C=NCS/C=C(\N=C)c1cccnc1Oc1cccc(Cl)c1. The molecule has 0 radical (unpaired) electrons. The number of ether oxygens (including phenoxy) is 1. The van der Waals surface area contributed by atoms with Gasteiger partial charge in [0.05, 0.1) is 17.1 Å². The molecule has 0 spiro atoms. The van der Waals surface area contributed by atoms with Gasteiger partial charge >= 0.3 is 0 Å². The first-order chi connectivity index (χ1) is 10.7. The third-order valence-corrected chi connectivity index (χ3v) is 3.55. The second kappa shape index (κ2) is 8.36. The molecule has 0 fully saturated rings. The number of thioether (sulfide) groups is 1. The molecule has 22 heavy (non-hydrogen) atoms. The summed E-state index contributed by atoms with van der Waals surface area (Å²) in [5.41, 5.74) is 1.41. The lowest BCUT2D eigenvalue weighted by Crippen LogP contribution is -1.93. The lowest BCUT2D eigenvalue weighted by molar-refractivity contribution is 0.461. The molecule has 0 aliphatic heterocycles. The van der Waals surface area contributed by atoms with Crippen LogP contribution in [0.2, 0.25) is 5.02 Å². The number of benzene rings is 1. The Morgan fingerprint density at radius 1 is 1.32 bits per heavy atom. The monoisotopic (exact) mass is 331 g/mol. The van der Waals surface area contributed by atoms with E-state index in [9.17, 15) is 0 Å². The maximum absolute atomic E-state index is 5.97. The van der Waals surface area contributed by atoms with Gasteiger partial charge in [-0.2, -0.15) is 0 Å². The van der Waals surface area contributed by atoms with Gasteiger partial charge in [0.2, 0.25) is 5.88 Å². The van der Waals surface area contributed by atoms with Crippen molar-refractivity contribution in [1.82, 2.24) is 4.98 Å². The Kier molecular flexibility index (Phi) is 6.18. The second-order valence-electron chi connectivity index (χ2n) is 4.10. The average molecular weight is 332 g/mol. The maximum Gasteiger partial charge on any atom is 0.228 e. The van der Waals surface area contributed by atoms with E-state index < -0.39 is 0 Å². The molecule has 0 saturated heterocycles. The summed E-state index contributed by atoms with van der Waals surface area (Å²) in [5.74, 6) is 1.59. The smallest absolute Gasteiger partial charge is 0.228 e. The van der Waals surface area contributed by atoms with Crippen molar-refractivity contribution in [3.05, 3.63) is 58.6 Å². The summed E-state index contributed by atoms with van der Waals surface area (Å²) in [4.78, 5) is 12.1. The molecule has 2 aromatic rings. The van der Waals surface area contributed by atoms with E-state index in [1.54, 1.807) is 18.3 Å². The van der Waals surface area contributed by atoms with Crippen molar-refractivity contribution in [3.63, 3.8) is 0 Å². The largest absolute Gasteiger partial charge is 0.438 e. The molecule has 0 amide bonds. The molecule has 4 nitrogen and oxygen atoms in total. The van der Waals surface area contributed by atoms with Crippen LogP contribution in [-0.2, 0) is 0 Å². The fraction of sp³-hybridized carbons (Fsp3) is 0.0625. The van der Waals surface area contributed by atoms with Crippen molar-refractivity contribution < 1.29 is 4.74 Å². The molecule has 0 unspecified atom stereocenters. The zero-order chi connectivity index (χ0) is 15.8. The van der Waals surface area contributed by atoms with Gasteiger partial charge in [0.1, 0.15) is 5.75 Å². The van der Waals surface area contributed by atoms with Crippen LogP contribution in [0.25, 0.3) is 5.70 Å². The Balaban J connectivity index is 2.31. The van der Waals surface area contributed by atoms with Gasteiger partial charge in [0.15, 0.2) is 0 Å². The fourth-order valence-corrected chi connectivity index (χ4v) is 2.38. The Labute approximate surface area is 138 Å². The van der Waals surface area contributed by atoms with Gasteiger partial charge in [-0.3, -0.25) is 9.98 Å². The van der Waals surface area contributed by atoms with Gasteiger partial charge in [-0.15, -0.1) is 11.8 Å². The summed E-state index contributed by atoms with van der Waals surface area (Å²) >= 11 is 7.43. The summed E-state index contributed by atoms with van der Waals surface area (Å²) in [6.07, 6.45) is 1.66. The standard InChI is InChI=1S/C16H14ClN3OS/c1-18-11-22-10-15(19-2)14-7-4-8-20-16(14)21-13-6-3-5-12(17)9-13/h3-10H,1-2,11H2/b15-10-. The van der Waals surface area contributed by atoms with Crippen molar-refractivity contribution in [2.24, 2.45) is 9.98 Å². The number of rotatable bonds is 7. The minimum absolute atomic E-state index is 0.440. The Morgan fingerprint density at radius 3 is 2.91 bits per heavy atom. The average Bonchev–Trinajstić information content (AvgIpc) is 2.53. The molecule has 2 rings (SSSR count). The van der Waals surface area contributed by atoms with E-state index >= 15 is 0 Å². The summed E-state index contributed by atoms with van der Waals surface area (Å²) in [7, 11) is 0. The number of halogens is 1. The van der Waals surface area contributed by atoms with Crippen LogP contribution in [0.4, 0.5) is 0 Å². The van der Waals surface area contributed by atoms with Crippen molar-refractivity contribution in [3.8, 4) is 11.6 Å². The van der Waals surface area contributed by atoms with Gasteiger partial charge in [-0.1, -0.05) is 17.7 Å². The molecule has 0 N–H and O–H groups in total. The van der Waals surface area contributed by atoms with Crippen LogP contribution in [0.15, 0.2) is 58.0 Å². The first-order valence-electron chi connectivity index (χ1n) is 6.34. The summed E-state index contributed by atoms with van der Waals surface area (Å²) in [6.45, 7) is 7.04. The highest BCUT2D eigenvalue weighted by atomic mass is 35.5. The molecule has 0 saturated carbocycles. The zero-order valence-electron chi connectivity index (χ0n) is 11.8. The van der Waals surface area contributed by atoms with Crippen LogP contribution in [0.5, 0.6) is 11.6 Å². The number of hydrogen-bond donors (Lipinski definition) is 0. The third kappa shape index (κ3) is 4.44. The van der Waals surface area contributed by atoms with Crippen LogP contribution < -0.4 is 4.74 Å². The van der Waals surface area contributed by atoms with Crippen LogP contribution in [0, 0.1) is 0 Å². The molecule has 0 aliphatic carbocycles. The minimum Gasteiger partial charge on any atom is -0.438 e. The minimum atomic E-state index is 0.440. The van der Waals surface area contributed by atoms with E-state index in [1.165, 1.54) is 11.8 Å². The molecular formula is C16H14ClN3OS. The van der Waals surface area contributed by atoms with Gasteiger partial charge in [0, 0.05) is 11.2 Å². The Bertz CT molecular complexity index is 703. The lowest BCUT2D eigenvalue weighted by atomic mass is 10.2. The van der Waals surface area contributed by atoms with E-state index in [1.807, 2.05) is 29.7 Å². The number of hydrogen-bond acceptors (Lipinski definition) is 5. The topological polar surface area (TPSA) is 46.8 Å². The van der Waals surface area contributed by atoms with Gasteiger partial charge < -0.3 is 4.74 Å². The summed E-state index contributed by atoms with van der Waals surface area (Å²) < 4.78 is 5.81. The first-order valence-corrected chi connectivity index (χ1v) is 7.77. The van der Waals surface area contributed by atoms with E-state index in [0.29, 0.717) is 28.2 Å². The Hall–Kier alpha value is -2.11. The predicted octanol–water partition coefficient (Wildman–Crippen LogP) is 4.92. The fourth-order valence-electron chi connectivity index (χ4n) is 1.66. The van der Waals surface area contributed by atoms with Crippen molar-refractivity contribution in [2.45, 2.75) is 0 Å². The second-order valence-corrected chi connectivity index (χ2v) is 5.36. The number of pyridine rings is 1. The molecule has 1 aromatic heterocycles. The third-order valence-electron chi connectivity index (χ3n) is 2.59. The predicted molar refractivity (Wildman–Crippen MR) is 95.3 cm³/mol. The Morgan fingerprint density at radius 2 is 2.18 bits per heavy atom. The highest BCUT2D eigenvalue weighted by Crippen LogP contribution is 2.30. The molecule has 0 aliphatic rings. The van der Waals surface area contributed by atoms with E-state index in [2.05, 4.69) is 28.4 Å². The quantitative estimate of drug-likeness (QED) is 0.534. The molecule has 0 atom stereocenters. The van der Waals surface area contributed by atoms with E-state index in [4.69, 9.17) is 16.3 Å². The van der Waals surface area contributed by atoms with E-state index in [0.717, 1.165) is 5.56 Å². The van der Waals surface area contributed by atoms with Crippen molar-refractivity contribution >= 4 is 42.5 Å². The lowest BCUT2D eigenvalue weighted by Gasteiger charge is -2.10. The van der Waals surface area contributed by atoms with Crippen LogP contribution in [-0.4, -0.2) is 24.3 Å². The maximum atomic E-state index is 5.97. The first kappa shape index (κ1) is 16.3. The highest BCUT2D eigenvalue weighted by molar-refractivity contribution is 8.02. The van der Waals surface area contributed by atoms with Crippen molar-refractivity contribution in [1.29, 1.82) is 0 Å². The van der Waals surface area contributed by atoms with Gasteiger partial charge in [-0.05, 0) is 49.2 Å². The van der Waals surface area contributed by atoms with Gasteiger partial charge in [0.25, 0.3) is 0 Å². The van der Waals surface area contributed by atoms with Crippen LogP contribution in [0.3, 0.4) is 0 Å². The zero-order valence-corrected chi connectivity index (χ0v) is 13.3. The van der Waals surface area contributed by atoms with Crippen LogP contribution in [0.1, 0.15) is 5.56 Å². The molecule has 6 heteroatoms. The molecule has 0 bridgehead atoms. The van der Waals surface area contributed by atoms with E-state index in [-0.39, 0.29) is 0 Å². The summed E-state index contributed by atoms with van der Waals surface area (Å²) in [6, 6.07) is 10.8. The molecule has 112 valence electrons. The molecule has 1 heterocycles.